The van der Waals surface area contributed by atoms with Crippen LogP contribution in [0.15, 0.2) is 29.2 Å². The average Bonchev–Trinajstić information content (AvgIpc) is 2.36. The highest BCUT2D eigenvalue weighted by Crippen LogP contribution is 2.17. The molecule has 0 saturated heterocycles. The Labute approximate surface area is 108 Å². The maximum atomic E-state index is 11.6. The van der Waals surface area contributed by atoms with Crippen molar-refractivity contribution in [3.05, 3.63) is 34.4 Å². The summed E-state index contributed by atoms with van der Waals surface area (Å²) in [4.78, 5) is 9.52. The molecule has 0 aliphatic rings. The van der Waals surface area contributed by atoms with Crippen LogP contribution in [-0.4, -0.2) is 37.0 Å². The molecular formula is C9H10ClNO6S. The molecule has 0 fully saturated rings. The zero-order valence-electron chi connectivity index (χ0n) is 9.02. The fourth-order valence-electron chi connectivity index (χ4n) is 1.02. The molecule has 0 bridgehead atoms. The predicted molar refractivity (Wildman–Crippen MR) is 63.0 cm³/mol. The fraction of sp³-hybridized carbons (Fsp3) is 0.333. The second kappa shape index (κ2) is 6.10. The highest BCUT2D eigenvalue weighted by Gasteiger charge is 2.18. The number of benzene rings is 1. The van der Waals surface area contributed by atoms with Crippen molar-refractivity contribution in [2.75, 3.05) is 12.5 Å². The molecule has 1 aromatic carbocycles. The molecule has 1 aromatic rings. The van der Waals surface area contributed by atoms with E-state index >= 15 is 0 Å². The van der Waals surface area contributed by atoms with E-state index in [-0.39, 0.29) is 16.5 Å². The van der Waals surface area contributed by atoms with Crippen LogP contribution >= 0.6 is 11.6 Å². The molecule has 0 spiro atoms. The molecule has 100 valence electrons. The van der Waals surface area contributed by atoms with Crippen LogP contribution in [0.5, 0.6) is 0 Å². The Morgan fingerprint density at radius 2 is 1.94 bits per heavy atom. The molecule has 7 nitrogen and oxygen atoms in total. The van der Waals surface area contributed by atoms with Gasteiger partial charge in [0.05, 0.1) is 28.4 Å². The molecule has 9 heteroatoms. The van der Waals surface area contributed by atoms with Crippen LogP contribution in [0.25, 0.3) is 0 Å². The van der Waals surface area contributed by atoms with Crippen molar-refractivity contribution in [1.29, 1.82) is 0 Å². The zero-order chi connectivity index (χ0) is 13.8. The van der Waals surface area contributed by atoms with Gasteiger partial charge in [-0.1, -0.05) is 0 Å². The Hall–Kier alpha value is -1.22. The van der Waals surface area contributed by atoms with Gasteiger partial charge in [-0.15, -0.1) is 11.6 Å². The minimum absolute atomic E-state index is 0.157. The summed E-state index contributed by atoms with van der Waals surface area (Å²) in [5.74, 6) is -0.157. The van der Waals surface area contributed by atoms with Gasteiger partial charge in [0.25, 0.3) is 15.8 Å². The Balaban J connectivity index is 2.82. The van der Waals surface area contributed by atoms with Crippen LogP contribution in [0.4, 0.5) is 5.69 Å². The Morgan fingerprint density at radius 3 is 2.39 bits per heavy atom. The molecule has 0 amide bonds. The summed E-state index contributed by atoms with van der Waals surface area (Å²) >= 11 is 5.28. The summed E-state index contributed by atoms with van der Waals surface area (Å²) in [6, 6.07) is 4.21. The van der Waals surface area contributed by atoms with Crippen molar-refractivity contribution in [2.24, 2.45) is 0 Å². The second-order valence-electron chi connectivity index (χ2n) is 3.30. The lowest BCUT2D eigenvalue weighted by Gasteiger charge is -2.08. The Morgan fingerprint density at radius 1 is 1.39 bits per heavy atom. The quantitative estimate of drug-likeness (QED) is 0.362. The lowest BCUT2D eigenvalue weighted by molar-refractivity contribution is -0.384. The summed E-state index contributed by atoms with van der Waals surface area (Å²) in [6.45, 7) is -0.469. The van der Waals surface area contributed by atoms with Gasteiger partial charge in [0.2, 0.25) is 0 Å². The second-order valence-corrected chi connectivity index (χ2v) is 5.22. The van der Waals surface area contributed by atoms with Crippen molar-refractivity contribution in [2.45, 2.75) is 11.0 Å². The first-order valence-corrected chi connectivity index (χ1v) is 6.69. The normalized spacial score (nSPS) is 13.2. The topological polar surface area (TPSA) is 107 Å². The van der Waals surface area contributed by atoms with Gasteiger partial charge >= 0.3 is 0 Å². The third-order valence-corrected chi connectivity index (χ3v) is 3.58. The van der Waals surface area contributed by atoms with Crippen LogP contribution in [0.3, 0.4) is 0 Å². The van der Waals surface area contributed by atoms with Crippen molar-refractivity contribution in [1.82, 2.24) is 0 Å². The van der Waals surface area contributed by atoms with E-state index in [9.17, 15) is 18.5 Å². The number of nitrogens with zero attached hydrogens (tertiary/aromatic N) is 1. The number of rotatable bonds is 6. The SMILES string of the molecule is O=[N+]([O-])c1ccc(S(=O)(=O)OCC(O)CCl)cc1. The number of alkyl halides is 1. The van der Waals surface area contributed by atoms with Crippen LogP contribution in [0.2, 0.25) is 0 Å². The first-order valence-electron chi connectivity index (χ1n) is 4.74. The summed E-state index contributed by atoms with van der Waals surface area (Å²) in [7, 11) is -4.05. The summed E-state index contributed by atoms with van der Waals surface area (Å²) in [5.41, 5.74) is -0.227. The first-order chi connectivity index (χ1) is 8.36. The van der Waals surface area contributed by atoms with Gasteiger partial charge < -0.3 is 5.11 Å². The average molecular weight is 296 g/mol. The van der Waals surface area contributed by atoms with Crippen molar-refractivity contribution >= 4 is 27.4 Å². The van der Waals surface area contributed by atoms with Crippen molar-refractivity contribution in [3.8, 4) is 0 Å². The van der Waals surface area contributed by atoms with Gasteiger partial charge in [-0.2, -0.15) is 8.42 Å². The summed E-state index contributed by atoms with van der Waals surface area (Å²) < 4.78 is 27.7. The van der Waals surface area contributed by atoms with Crippen LogP contribution < -0.4 is 0 Å². The van der Waals surface area contributed by atoms with E-state index in [4.69, 9.17) is 16.7 Å². The van der Waals surface area contributed by atoms with Gasteiger partial charge in [0, 0.05) is 12.1 Å². The number of aliphatic hydroxyl groups excluding tert-OH is 1. The van der Waals surface area contributed by atoms with Gasteiger partial charge in [-0.3, -0.25) is 14.3 Å². The third kappa shape index (κ3) is 3.91. The highest BCUT2D eigenvalue weighted by atomic mass is 35.5. The molecule has 1 atom stereocenters. The van der Waals surface area contributed by atoms with Gasteiger partial charge in [0.15, 0.2) is 0 Å². The van der Waals surface area contributed by atoms with E-state index < -0.39 is 27.8 Å². The molecule has 0 saturated carbocycles. The third-order valence-electron chi connectivity index (χ3n) is 1.93. The molecule has 0 aromatic heterocycles. The summed E-state index contributed by atoms with van der Waals surface area (Å²) in [5, 5.41) is 19.5. The van der Waals surface area contributed by atoms with Gasteiger partial charge in [-0.05, 0) is 12.1 Å². The van der Waals surface area contributed by atoms with Gasteiger partial charge in [-0.25, -0.2) is 0 Å². The van der Waals surface area contributed by atoms with E-state index in [1.54, 1.807) is 0 Å². The number of halogens is 1. The molecule has 18 heavy (non-hydrogen) atoms. The molecular weight excluding hydrogens is 286 g/mol. The minimum Gasteiger partial charge on any atom is -0.389 e. The molecule has 1 rings (SSSR count). The van der Waals surface area contributed by atoms with E-state index in [0.717, 1.165) is 24.3 Å². The lowest BCUT2D eigenvalue weighted by Crippen LogP contribution is -2.20. The number of non-ortho nitro benzene ring substituents is 1. The number of aliphatic hydroxyl groups is 1. The lowest BCUT2D eigenvalue weighted by atomic mass is 10.3. The fourth-order valence-corrected chi connectivity index (χ4v) is 2.05. The molecule has 0 heterocycles. The molecule has 1 unspecified atom stereocenters. The predicted octanol–water partition coefficient (Wildman–Crippen LogP) is 0.900. The number of hydrogen-bond donors (Lipinski definition) is 1. The summed E-state index contributed by atoms with van der Waals surface area (Å²) in [6.07, 6.45) is -1.10. The monoisotopic (exact) mass is 295 g/mol. The molecule has 0 aliphatic carbocycles. The van der Waals surface area contributed by atoms with E-state index in [0.29, 0.717) is 0 Å². The molecule has 0 aliphatic heterocycles. The van der Waals surface area contributed by atoms with Crippen molar-refractivity contribution < 1.29 is 22.6 Å². The van der Waals surface area contributed by atoms with Crippen LogP contribution in [0, 0.1) is 10.1 Å². The van der Waals surface area contributed by atoms with Crippen molar-refractivity contribution in [3.63, 3.8) is 0 Å². The molecule has 1 N–H and O–H groups in total. The standard InChI is InChI=1S/C9H10ClNO6S/c10-5-8(12)6-17-18(15,16)9-3-1-7(2-4-9)11(13)14/h1-4,8,12H,5-6H2. The number of nitro groups is 1. The minimum atomic E-state index is -4.05. The number of nitro benzene ring substituents is 1. The number of hydrogen-bond acceptors (Lipinski definition) is 6. The van der Waals surface area contributed by atoms with Gasteiger partial charge in [0.1, 0.15) is 0 Å². The first kappa shape index (κ1) is 14.8. The van der Waals surface area contributed by atoms with E-state index in [1.165, 1.54) is 0 Å². The maximum absolute atomic E-state index is 11.6. The highest BCUT2D eigenvalue weighted by molar-refractivity contribution is 7.86. The van der Waals surface area contributed by atoms with E-state index in [2.05, 4.69) is 4.18 Å². The smallest absolute Gasteiger partial charge is 0.297 e. The molecule has 0 radical (unpaired) electrons. The van der Waals surface area contributed by atoms with Crippen LogP contribution in [-0.2, 0) is 14.3 Å². The Bertz CT molecular complexity index is 514. The zero-order valence-corrected chi connectivity index (χ0v) is 10.6. The Kier molecular flexibility index (Phi) is 5.03. The largest absolute Gasteiger partial charge is 0.389 e. The maximum Gasteiger partial charge on any atom is 0.297 e. The van der Waals surface area contributed by atoms with E-state index in [1.807, 2.05) is 0 Å². The van der Waals surface area contributed by atoms with Crippen LogP contribution in [0.1, 0.15) is 0 Å².